The molecule has 0 amide bonds. The Labute approximate surface area is 180 Å². The van der Waals surface area contributed by atoms with Crippen molar-refractivity contribution in [2.45, 2.75) is 6.04 Å². The third kappa shape index (κ3) is 4.37. The summed E-state index contributed by atoms with van der Waals surface area (Å²) in [5.41, 5.74) is 7.36. The molecule has 140 valence electrons. The molecule has 5 heteroatoms. The number of halogens is 3. The maximum Gasteiger partial charge on any atom is 0.125 e. The van der Waals surface area contributed by atoms with Crippen molar-refractivity contribution >= 4 is 43.6 Å². The molecule has 28 heavy (non-hydrogen) atoms. The summed E-state index contributed by atoms with van der Waals surface area (Å²) in [7, 11) is 0. The number of hydrazine groups is 1. The van der Waals surface area contributed by atoms with E-state index in [9.17, 15) is 4.39 Å². The summed E-state index contributed by atoms with van der Waals surface area (Å²) >= 11 is 6.94. The number of hydrogen-bond acceptors (Lipinski definition) is 2. The van der Waals surface area contributed by atoms with Crippen LogP contribution >= 0.6 is 31.9 Å². The van der Waals surface area contributed by atoms with Gasteiger partial charge in [0, 0.05) is 8.95 Å². The van der Waals surface area contributed by atoms with Gasteiger partial charge in [-0.05, 0) is 65.7 Å². The normalized spacial score (nSPS) is 16.3. The molecule has 1 aliphatic rings. The lowest BCUT2D eigenvalue weighted by atomic mass is 10.1. The minimum atomic E-state index is -0.257. The minimum absolute atomic E-state index is 0.0422. The third-order valence-corrected chi connectivity index (χ3v) is 5.55. The van der Waals surface area contributed by atoms with Crippen LogP contribution in [0.1, 0.15) is 17.2 Å². The zero-order chi connectivity index (χ0) is 19.5. The van der Waals surface area contributed by atoms with Crippen molar-refractivity contribution in [3.8, 4) is 0 Å². The monoisotopic (exact) mass is 498 g/mol. The molecular formula is C23H17Br2FN2. The molecule has 4 rings (SSSR count). The second kappa shape index (κ2) is 8.33. The van der Waals surface area contributed by atoms with Crippen LogP contribution in [0.25, 0.3) is 6.08 Å². The maximum absolute atomic E-state index is 13.8. The molecule has 0 radical (unpaired) electrons. The Morgan fingerprint density at radius 3 is 2.21 bits per heavy atom. The van der Waals surface area contributed by atoms with Gasteiger partial charge in [0.1, 0.15) is 5.82 Å². The molecule has 3 aromatic rings. The van der Waals surface area contributed by atoms with Crippen molar-refractivity contribution in [3.63, 3.8) is 0 Å². The van der Waals surface area contributed by atoms with Crippen LogP contribution in [-0.4, -0.2) is 0 Å². The van der Waals surface area contributed by atoms with Crippen molar-refractivity contribution in [2.24, 2.45) is 0 Å². The highest BCUT2D eigenvalue weighted by Crippen LogP contribution is 2.33. The van der Waals surface area contributed by atoms with E-state index in [4.69, 9.17) is 0 Å². The zero-order valence-electron chi connectivity index (χ0n) is 14.8. The predicted molar refractivity (Wildman–Crippen MR) is 120 cm³/mol. The Morgan fingerprint density at radius 1 is 0.857 bits per heavy atom. The summed E-state index contributed by atoms with van der Waals surface area (Å²) in [4.78, 5) is 0. The Hall–Kier alpha value is -2.37. The fraction of sp³-hybridized carbons (Fsp3) is 0.0435. The average molecular weight is 500 g/mol. The average Bonchev–Trinajstić information content (AvgIpc) is 3.12. The van der Waals surface area contributed by atoms with Gasteiger partial charge >= 0.3 is 0 Å². The molecule has 0 spiro atoms. The Morgan fingerprint density at radius 2 is 1.54 bits per heavy atom. The lowest BCUT2D eigenvalue weighted by Gasteiger charge is -2.27. The number of rotatable bonds is 4. The molecule has 1 N–H and O–H groups in total. The van der Waals surface area contributed by atoms with Gasteiger partial charge in [-0.3, -0.25) is 10.4 Å². The first-order valence-electron chi connectivity index (χ1n) is 8.81. The van der Waals surface area contributed by atoms with Crippen molar-refractivity contribution in [3.05, 3.63) is 117 Å². The fourth-order valence-corrected chi connectivity index (χ4v) is 3.63. The predicted octanol–water partition coefficient (Wildman–Crippen LogP) is 7.01. The van der Waals surface area contributed by atoms with E-state index in [1.807, 2.05) is 53.5 Å². The largest absolute Gasteiger partial charge is 0.298 e. The highest BCUT2D eigenvalue weighted by atomic mass is 79.9. The standard InChI is InChI=1S/C23H17Br2FN2/c24-18-9-4-16(5-10-18)6-13-21-15-23(17-7-11-19(25)12-8-17)28(27-21)22-3-1-2-20(26)14-22/h1-15,23,27H. The molecular weight excluding hydrogens is 483 g/mol. The third-order valence-electron chi connectivity index (χ3n) is 4.49. The number of benzene rings is 3. The van der Waals surface area contributed by atoms with Gasteiger partial charge in [-0.15, -0.1) is 0 Å². The van der Waals surface area contributed by atoms with Gasteiger partial charge in [-0.25, -0.2) is 4.39 Å². The van der Waals surface area contributed by atoms with E-state index in [0.717, 1.165) is 31.5 Å². The molecule has 0 saturated heterocycles. The van der Waals surface area contributed by atoms with Gasteiger partial charge in [-0.1, -0.05) is 68.3 Å². The van der Waals surface area contributed by atoms with Gasteiger partial charge in [0.2, 0.25) is 0 Å². The zero-order valence-corrected chi connectivity index (χ0v) is 18.0. The molecule has 3 aromatic carbocycles. The topological polar surface area (TPSA) is 15.3 Å². The van der Waals surface area contributed by atoms with Crippen LogP contribution in [0, 0.1) is 5.82 Å². The second-order valence-electron chi connectivity index (χ2n) is 6.46. The summed E-state index contributed by atoms with van der Waals surface area (Å²) in [5, 5.41) is 1.98. The van der Waals surface area contributed by atoms with Crippen LogP contribution in [0.3, 0.4) is 0 Å². The minimum Gasteiger partial charge on any atom is -0.298 e. The van der Waals surface area contributed by atoms with Crippen molar-refractivity contribution < 1.29 is 4.39 Å². The van der Waals surface area contributed by atoms with E-state index in [1.165, 1.54) is 12.1 Å². The van der Waals surface area contributed by atoms with Crippen LogP contribution in [-0.2, 0) is 0 Å². The van der Waals surface area contributed by atoms with E-state index in [0.29, 0.717) is 0 Å². The van der Waals surface area contributed by atoms with E-state index in [1.54, 1.807) is 6.07 Å². The summed E-state index contributed by atoms with van der Waals surface area (Å²) in [6.45, 7) is 0. The number of nitrogens with one attached hydrogen (secondary N) is 1. The maximum atomic E-state index is 13.8. The quantitative estimate of drug-likeness (QED) is 0.415. The summed E-state index contributed by atoms with van der Waals surface area (Å²) in [6, 6.07) is 22.9. The molecule has 1 atom stereocenters. The lowest BCUT2D eigenvalue weighted by Crippen LogP contribution is -2.34. The van der Waals surface area contributed by atoms with Gasteiger partial charge in [0.15, 0.2) is 0 Å². The molecule has 0 fully saturated rings. The molecule has 1 aliphatic heterocycles. The Kier molecular flexibility index (Phi) is 5.64. The van der Waals surface area contributed by atoms with Crippen LogP contribution in [0.4, 0.5) is 10.1 Å². The first kappa shape index (κ1) is 19.0. The fourth-order valence-electron chi connectivity index (χ4n) is 3.10. The summed E-state index contributed by atoms with van der Waals surface area (Å²) < 4.78 is 15.9. The molecule has 0 bridgehead atoms. The van der Waals surface area contributed by atoms with Crippen LogP contribution in [0.5, 0.6) is 0 Å². The Bertz CT molecular complexity index is 1030. The number of nitrogens with zero attached hydrogens (tertiary/aromatic N) is 1. The van der Waals surface area contributed by atoms with Crippen LogP contribution < -0.4 is 10.4 Å². The summed E-state index contributed by atoms with van der Waals surface area (Å²) in [5.74, 6) is -0.257. The number of hydrogen-bond donors (Lipinski definition) is 1. The number of anilines is 1. The molecule has 0 aliphatic carbocycles. The molecule has 2 nitrogen and oxygen atoms in total. The van der Waals surface area contributed by atoms with E-state index in [-0.39, 0.29) is 11.9 Å². The van der Waals surface area contributed by atoms with Gasteiger partial charge < -0.3 is 0 Å². The SMILES string of the molecule is Fc1cccc(N2NC(C=Cc3ccc(Br)cc3)=CC2c2ccc(Br)cc2)c1. The molecule has 1 unspecified atom stereocenters. The van der Waals surface area contributed by atoms with Crippen LogP contribution in [0.2, 0.25) is 0 Å². The lowest BCUT2D eigenvalue weighted by molar-refractivity contribution is 0.623. The second-order valence-corrected chi connectivity index (χ2v) is 8.30. The van der Waals surface area contributed by atoms with Gasteiger partial charge in [0.05, 0.1) is 17.4 Å². The van der Waals surface area contributed by atoms with Crippen molar-refractivity contribution in [1.29, 1.82) is 0 Å². The van der Waals surface area contributed by atoms with Crippen molar-refractivity contribution in [2.75, 3.05) is 5.01 Å². The highest BCUT2D eigenvalue weighted by Gasteiger charge is 2.25. The first-order valence-corrected chi connectivity index (χ1v) is 10.4. The van der Waals surface area contributed by atoms with Crippen molar-refractivity contribution in [1.82, 2.24) is 5.43 Å². The van der Waals surface area contributed by atoms with E-state index >= 15 is 0 Å². The highest BCUT2D eigenvalue weighted by molar-refractivity contribution is 9.10. The van der Waals surface area contributed by atoms with E-state index in [2.05, 4.69) is 61.6 Å². The number of allylic oxidation sites excluding steroid dienone is 1. The van der Waals surface area contributed by atoms with Crippen LogP contribution in [0.15, 0.2) is 99.6 Å². The molecule has 0 saturated carbocycles. The Balaban J connectivity index is 1.65. The van der Waals surface area contributed by atoms with E-state index < -0.39 is 0 Å². The van der Waals surface area contributed by atoms with Gasteiger partial charge in [0.25, 0.3) is 0 Å². The molecule has 1 heterocycles. The molecule has 0 aromatic heterocycles. The van der Waals surface area contributed by atoms with Gasteiger partial charge in [-0.2, -0.15) is 0 Å². The smallest absolute Gasteiger partial charge is 0.125 e. The first-order chi connectivity index (χ1) is 13.6. The summed E-state index contributed by atoms with van der Waals surface area (Å²) in [6.07, 6.45) is 6.23.